The molecule has 0 aliphatic carbocycles. The zero-order chi connectivity index (χ0) is 15.8. The minimum absolute atomic E-state index is 0.0103. The fourth-order valence-electron chi connectivity index (χ4n) is 2.22. The lowest BCUT2D eigenvalue weighted by molar-refractivity contribution is -0.139. The molecule has 0 saturated carbocycles. The summed E-state index contributed by atoms with van der Waals surface area (Å²) in [5, 5.41) is 11.9. The molecule has 0 spiro atoms. The highest BCUT2D eigenvalue weighted by Gasteiger charge is 2.22. The van der Waals surface area contributed by atoms with Gasteiger partial charge >= 0.3 is 5.97 Å². The third-order valence-electron chi connectivity index (χ3n) is 3.19. The van der Waals surface area contributed by atoms with Crippen LogP contribution >= 0.6 is 0 Å². The SMILES string of the molecule is CCCC(NCC(=O)N(c1ccccc1)C(C)C)C(=O)O. The molecule has 1 aromatic carbocycles. The van der Waals surface area contributed by atoms with E-state index in [1.807, 2.05) is 51.1 Å². The summed E-state index contributed by atoms with van der Waals surface area (Å²) in [7, 11) is 0. The molecule has 1 atom stereocenters. The Balaban J connectivity index is 2.72. The van der Waals surface area contributed by atoms with Crippen LogP contribution in [0.15, 0.2) is 30.3 Å². The molecule has 0 aliphatic heterocycles. The molecule has 2 N–H and O–H groups in total. The van der Waals surface area contributed by atoms with Crippen molar-refractivity contribution in [3.63, 3.8) is 0 Å². The first kappa shape index (κ1) is 17.2. The largest absolute Gasteiger partial charge is 0.480 e. The average molecular weight is 292 g/mol. The predicted octanol–water partition coefficient (Wildman–Crippen LogP) is 2.27. The van der Waals surface area contributed by atoms with Crippen LogP contribution in [0.1, 0.15) is 33.6 Å². The van der Waals surface area contributed by atoms with Crippen molar-refractivity contribution in [3.05, 3.63) is 30.3 Å². The van der Waals surface area contributed by atoms with Crippen LogP contribution in [-0.2, 0) is 9.59 Å². The summed E-state index contributed by atoms with van der Waals surface area (Å²) < 4.78 is 0. The van der Waals surface area contributed by atoms with E-state index in [9.17, 15) is 9.59 Å². The number of hydrogen-bond acceptors (Lipinski definition) is 3. The number of para-hydroxylation sites is 1. The van der Waals surface area contributed by atoms with Gasteiger partial charge < -0.3 is 10.0 Å². The number of anilines is 1. The van der Waals surface area contributed by atoms with Crippen molar-refractivity contribution < 1.29 is 14.7 Å². The van der Waals surface area contributed by atoms with Crippen LogP contribution in [-0.4, -0.2) is 35.6 Å². The minimum atomic E-state index is -0.916. The molecular weight excluding hydrogens is 268 g/mol. The number of carboxylic acids is 1. The second-order valence-corrected chi connectivity index (χ2v) is 5.25. The van der Waals surface area contributed by atoms with E-state index < -0.39 is 12.0 Å². The Kier molecular flexibility index (Phi) is 6.88. The second kappa shape index (κ2) is 8.42. The van der Waals surface area contributed by atoms with Crippen LogP contribution in [0.4, 0.5) is 5.69 Å². The van der Waals surface area contributed by atoms with E-state index in [-0.39, 0.29) is 18.5 Å². The number of rotatable bonds is 8. The monoisotopic (exact) mass is 292 g/mol. The van der Waals surface area contributed by atoms with E-state index in [0.29, 0.717) is 6.42 Å². The van der Waals surface area contributed by atoms with Crippen molar-refractivity contribution >= 4 is 17.6 Å². The Labute approximate surface area is 126 Å². The second-order valence-electron chi connectivity index (χ2n) is 5.25. The normalized spacial score (nSPS) is 12.2. The lowest BCUT2D eigenvalue weighted by atomic mass is 10.1. The van der Waals surface area contributed by atoms with E-state index in [1.54, 1.807) is 4.90 Å². The highest BCUT2D eigenvalue weighted by atomic mass is 16.4. The van der Waals surface area contributed by atoms with Crippen LogP contribution in [0.2, 0.25) is 0 Å². The number of carboxylic acid groups (broad SMARTS) is 1. The topological polar surface area (TPSA) is 69.6 Å². The third kappa shape index (κ3) is 5.19. The number of nitrogens with zero attached hydrogens (tertiary/aromatic N) is 1. The average Bonchev–Trinajstić information content (AvgIpc) is 2.44. The number of nitrogens with one attached hydrogen (secondary N) is 1. The zero-order valence-corrected chi connectivity index (χ0v) is 12.9. The number of benzene rings is 1. The van der Waals surface area contributed by atoms with Gasteiger partial charge in [-0.25, -0.2) is 0 Å². The van der Waals surface area contributed by atoms with Crippen molar-refractivity contribution in [3.8, 4) is 0 Å². The lowest BCUT2D eigenvalue weighted by Gasteiger charge is -2.27. The minimum Gasteiger partial charge on any atom is -0.480 e. The quantitative estimate of drug-likeness (QED) is 0.771. The number of aliphatic carboxylic acids is 1. The van der Waals surface area contributed by atoms with Crippen LogP contribution in [0.25, 0.3) is 0 Å². The Hall–Kier alpha value is -1.88. The van der Waals surface area contributed by atoms with Crippen molar-refractivity contribution in [2.24, 2.45) is 0 Å². The van der Waals surface area contributed by atoms with Gasteiger partial charge in [-0.1, -0.05) is 31.5 Å². The Morgan fingerprint density at radius 3 is 2.33 bits per heavy atom. The van der Waals surface area contributed by atoms with Gasteiger partial charge in [0.1, 0.15) is 6.04 Å². The maximum atomic E-state index is 12.4. The molecule has 0 heterocycles. The van der Waals surface area contributed by atoms with Gasteiger partial charge in [0.25, 0.3) is 0 Å². The van der Waals surface area contributed by atoms with Crippen molar-refractivity contribution in [2.45, 2.75) is 45.7 Å². The summed E-state index contributed by atoms with van der Waals surface area (Å²) in [6.07, 6.45) is 1.26. The number of carbonyl (C=O) groups is 2. The van der Waals surface area contributed by atoms with Gasteiger partial charge in [-0.2, -0.15) is 0 Å². The highest BCUT2D eigenvalue weighted by Crippen LogP contribution is 2.16. The van der Waals surface area contributed by atoms with Gasteiger partial charge in [0.2, 0.25) is 5.91 Å². The molecule has 1 rings (SSSR count). The molecule has 0 saturated heterocycles. The van der Waals surface area contributed by atoms with Crippen molar-refractivity contribution in [1.29, 1.82) is 0 Å². The molecule has 0 radical (unpaired) electrons. The van der Waals surface area contributed by atoms with E-state index >= 15 is 0 Å². The van der Waals surface area contributed by atoms with E-state index in [1.165, 1.54) is 0 Å². The van der Waals surface area contributed by atoms with Crippen molar-refractivity contribution in [1.82, 2.24) is 5.32 Å². The maximum absolute atomic E-state index is 12.4. The molecule has 0 bridgehead atoms. The third-order valence-corrected chi connectivity index (χ3v) is 3.19. The maximum Gasteiger partial charge on any atom is 0.320 e. The first-order valence-electron chi connectivity index (χ1n) is 7.30. The summed E-state index contributed by atoms with van der Waals surface area (Å²) in [5.74, 6) is -1.04. The van der Waals surface area contributed by atoms with Crippen LogP contribution < -0.4 is 10.2 Å². The van der Waals surface area contributed by atoms with Gasteiger partial charge in [-0.05, 0) is 32.4 Å². The molecule has 0 aliphatic rings. The highest BCUT2D eigenvalue weighted by molar-refractivity contribution is 5.95. The summed E-state index contributed by atoms with van der Waals surface area (Å²) >= 11 is 0. The lowest BCUT2D eigenvalue weighted by Crippen LogP contribution is -2.46. The smallest absolute Gasteiger partial charge is 0.320 e. The standard InChI is InChI=1S/C16H24N2O3/c1-4-8-14(16(20)21)17-11-15(19)18(12(2)3)13-9-6-5-7-10-13/h5-7,9-10,12,14,17H,4,8,11H2,1-3H3,(H,20,21). The van der Waals surface area contributed by atoms with Gasteiger partial charge in [0, 0.05) is 11.7 Å². The molecule has 0 aromatic heterocycles. The summed E-state index contributed by atoms with van der Waals surface area (Å²) in [6.45, 7) is 5.81. The van der Waals surface area contributed by atoms with Crippen molar-refractivity contribution in [2.75, 3.05) is 11.4 Å². The predicted molar refractivity (Wildman–Crippen MR) is 83.4 cm³/mol. The van der Waals surface area contributed by atoms with Gasteiger partial charge in [-0.3, -0.25) is 14.9 Å². The fraction of sp³-hybridized carbons (Fsp3) is 0.500. The van der Waals surface area contributed by atoms with Crippen LogP contribution in [0.3, 0.4) is 0 Å². The summed E-state index contributed by atoms with van der Waals surface area (Å²) in [5.41, 5.74) is 0.821. The van der Waals surface area contributed by atoms with Crippen LogP contribution in [0.5, 0.6) is 0 Å². The number of amides is 1. The van der Waals surface area contributed by atoms with Gasteiger partial charge in [0.05, 0.1) is 6.54 Å². The Morgan fingerprint density at radius 2 is 1.86 bits per heavy atom. The molecule has 1 aromatic rings. The molecule has 0 fully saturated rings. The molecule has 1 unspecified atom stereocenters. The zero-order valence-electron chi connectivity index (χ0n) is 12.9. The summed E-state index contributed by atoms with van der Waals surface area (Å²) in [6, 6.07) is 8.73. The van der Waals surface area contributed by atoms with E-state index in [0.717, 1.165) is 12.1 Å². The Bertz CT molecular complexity index is 460. The van der Waals surface area contributed by atoms with Gasteiger partial charge in [-0.15, -0.1) is 0 Å². The molecule has 116 valence electrons. The van der Waals surface area contributed by atoms with E-state index in [4.69, 9.17) is 5.11 Å². The molecule has 5 heteroatoms. The molecule has 21 heavy (non-hydrogen) atoms. The van der Waals surface area contributed by atoms with Crippen LogP contribution in [0, 0.1) is 0 Å². The summed E-state index contributed by atoms with van der Waals surface area (Å²) in [4.78, 5) is 25.2. The number of carbonyl (C=O) groups excluding carboxylic acids is 1. The molecule has 1 amide bonds. The fourth-order valence-corrected chi connectivity index (χ4v) is 2.22. The van der Waals surface area contributed by atoms with Gasteiger partial charge in [0.15, 0.2) is 0 Å². The van der Waals surface area contributed by atoms with E-state index in [2.05, 4.69) is 5.32 Å². The Morgan fingerprint density at radius 1 is 1.24 bits per heavy atom. The first-order valence-corrected chi connectivity index (χ1v) is 7.30. The molecular formula is C16H24N2O3. The number of hydrogen-bond donors (Lipinski definition) is 2. The first-order chi connectivity index (χ1) is 9.97. The molecule has 5 nitrogen and oxygen atoms in total.